The number of rotatable bonds is 5. The first kappa shape index (κ1) is 14.3. The van der Waals surface area contributed by atoms with Crippen molar-refractivity contribution in [1.29, 1.82) is 0 Å². The maximum Gasteiger partial charge on any atom is 0.239 e. The Bertz CT molecular complexity index is 396. The van der Waals surface area contributed by atoms with Gasteiger partial charge in [0.15, 0.2) is 0 Å². The Labute approximate surface area is 119 Å². The minimum Gasteiger partial charge on any atom is -0.376 e. The van der Waals surface area contributed by atoms with Crippen molar-refractivity contribution in [2.75, 3.05) is 18.1 Å². The number of nitrogens with one attached hydrogen (secondary N) is 2. The summed E-state index contributed by atoms with van der Waals surface area (Å²) in [6.07, 6.45) is 6.99. The largest absolute Gasteiger partial charge is 0.376 e. The van der Waals surface area contributed by atoms with Crippen LogP contribution in [0.25, 0.3) is 0 Å². The Balaban J connectivity index is 1.77. The lowest BCUT2D eigenvalue weighted by Gasteiger charge is -2.31. The van der Waals surface area contributed by atoms with Crippen molar-refractivity contribution in [1.82, 2.24) is 5.32 Å². The average Bonchev–Trinajstić information content (AvgIpc) is 2.47. The molecule has 1 aromatic rings. The standard InChI is InChI=1S/C15H22N2OS/c1-19-14-10-6-5-9-13(14)17-15(18)11-16-12-7-3-2-4-8-12/h2-4,7-8,13-14,16H,5-6,9-11H2,1H3,(H,17,18). The van der Waals surface area contributed by atoms with Crippen LogP contribution in [0, 0.1) is 0 Å². The van der Waals surface area contributed by atoms with Gasteiger partial charge in [0.2, 0.25) is 5.91 Å². The number of amides is 1. The Morgan fingerprint density at radius 1 is 1.26 bits per heavy atom. The fourth-order valence-electron chi connectivity index (χ4n) is 2.54. The molecule has 0 spiro atoms. The first-order valence-corrected chi connectivity index (χ1v) is 8.19. The summed E-state index contributed by atoms with van der Waals surface area (Å²) in [7, 11) is 0. The normalized spacial score (nSPS) is 22.8. The summed E-state index contributed by atoms with van der Waals surface area (Å²) >= 11 is 1.88. The zero-order chi connectivity index (χ0) is 13.5. The van der Waals surface area contributed by atoms with Crippen molar-refractivity contribution in [3.8, 4) is 0 Å². The minimum atomic E-state index is 0.0924. The summed E-state index contributed by atoms with van der Waals surface area (Å²) in [6, 6.07) is 10.2. The molecule has 4 heteroatoms. The Morgan fingerprint density at radius 2 is 2.00 bits per heavy atom. The summed E-state index contributed by atoms with van der Waals surface area (Å²) in [5.74, 6) is 0.0924. The van der Waals surface area contributed by atoms with E-state index in [1.807, 2.05) is 42.1 Å². The molecule has 1 amide bonds. The van der Waals surface area contributed by atoms with E-state index < -0.39 is 0 Å². The van der Waals surface area contributed by atoms with Crippen LogP contribution in [0.5, 0.6) is 0 Å². The topological polar surface area (TPSA) is 41.1 Å². The molecule has 0 radical (unpaired) electrons. The van der Waals surface area contributed by atoms with Gasteiger partial charge in [0.1, 0.15) is 0 Å². The van der Waals surface area contributed by atoms with Crippen LogP contribution in [0.15, 0.2) is 30.3 Å². The van der Waals surface area contributed by atoms with E-state index in [0.29, 0.717) is 17.8 Å². The lowest BCUT2D eigenvalue weighted by atomic mass is 9.95. The van der Waals surface area contributed by atoms with Crippen LogP contribution in [0.4, 0.5) is 5.69 Å². The third kappa shape index (κ3) is 4.46. The van der Waals surface area contributed by atoms with Crippen LogP contribution in [-0.4, -0.2) is 30.0 Å². The molecule has 2 atom stereocenters. The van der Waals surface area contributed by atoms with Crippen molar-refractivity contribution in [3.63, 3.8) is 0 Å². The van der Waals surface area contributed by atoms with Gasteiger partial charge in [-0.3, -0.25) is 4.79 Å². The molecule has 1 aromatic carbocycles. The molecule has 3 nitrogen and oxygen atoms in total. The van der Waals surface area contributed by atoms with Crippen molar-refractivity contribution in [3.05, 3.63) is 30.3 Å². The highest BCUT2D eigenvalue weighted by Crippen LogP contribution is 2.27. The van der Waals surface area contributed by atoms with Gasteiger partial charge >= 0.3 is 0 Å². The first-order chi connectivity index (χ1) is 9.29. The number of thioether (sulfide) groups is 1. The number of hydrogen-bond acceptors (Lipinski definition) is 3. The first-order valence-electron chi connectivity index (χ1n) is 6.90. The summed E-state index contributed by atoms with van der Waals surface area (Å²) in [6.45, 7) is 0.349. The molecule has 0 heterocycles. The van der Waals surface area contributed by atoms with Gasteiger partial charge in [-0.2, -0.15) is 11.8 Å². The van der Waals surface area contributed by atoms with E-state index in [1.54, 1.807) is 0 Å². The van der Waals surface area contributed by atoms with E-state index in [1.165, 1.54) is 19.3 Å². The quantitative estimate of drug-likeness (QED) is 0.870. The summed E-state index contributed by atoms with van der Waals surface area (Å²) < 4.78 is 0. The van der Waals surface area contributed by atoms with Crippen LogP contribution >= 0.6 is 11.8 Å². The van der Waals surface area contributed by atoms with Gasteiger partial charge in [0.05, 0.1) is 6.54 Å². The predicted molar refractivity (Wildman–Crippen MR) is 82.6 cm³/mol. The second-order valence-electron chi connectivity index (χ2n) is 4.95. The number of anilines is 1. The van der Waals surface area contributed by atoms with Gasteiger partial charge in [-0.1, -0.05) is 31.0 Å². The molecule has 2 N–H and O–H groups in total. The van der Waals surface area contributed by atoms with Crippen LogP contribution in [0.1, 0.15) is 25.7 Å². The Hall–Kier alpha value is -1.16. The summed E-state index contributed by atoms with van der Waals surface area (Å²) in [5.41, 5.74) is 0.989. The number of benzene rings is 1. The van der Waals surface area contributed by atoms with E-state index in [-0.39, 0.29) is 5.91 Å². The second-order valence-corrected chi connectivity index (χ2v) is 6.03. The third-order valence-corrected chi connectivity index (χ3v) is 4.75. The highest BCUT2D eigenvalue weighted by molar-refractivity contribution is 7.99. The van der Waals surface area contributed by atoms with Crippen LogP contribution < -0.4 is 10.6 Å². The highest BCUT2D eigenvalue weighted by Gasteiger charge is 2.25. The molecule has 2 unspecified atom stereocenters. The highest BCUT2D eigenvalue weighted by atomic mass is 32.2. The van der Waals surface area contributed by atoms with Gasteiger partial charge in [-0.05, 0) is 31.2 Å². The molecule has 0 bridgehead atoms. The monoisotopic (exact) mass is 278 g/mol. The van der Waals surface area contributed by atoms with Crippen molar-refractivity contribution in [2.24, 2.45) is 0 Å². The summed E-state index contributed by atoms with van der Waals surface area (Å²) in [4.78, 5) is 12.0. The molecular weight excluding hydrogens is 256 g/mol. The average molecular weight is 278 g/mol. The number of hydrogen-bond donors (Lipinski definition) is 2. The van der Waals surface area contributed by atoms with Crippen LogP contribution in [-0.2, 0) is 4.79 Å². The molecular formula is C15H22N2OS. The maximum absolute atomic E-state index is 12.0. The van der Waals surface area contributed by atoms with Crippen LogP contribution in [0.2, 0.25) is 0 Å². The SMILES string of the molecule is CSC1CCCCC1NC(=O)CNc1ccccc1. The van der Waals surface area contributed by atoms with Gasteiger partial charge in [-0.15, -0.1) is 0 Å². The fourth-order valence-corrected chi connectivity index (χ4v) is 3.48. The van der Waals surface area contributed by atoms with E-state index in [4.69, 9.17) is 0 Å². The lowest BCUT2D eigenvalue weighted by molar-refractivity contribution is -0.120. The molecule has 0 saturated heterocycles. The molecule has 1 aliphatic rings. The number of carbonyl (C=O) groups excluding carboxylic acids is 1. The molecule has 0 aliphatic heterocycles. The van der Waals surface area contributed by atoms with Gasteiger partial charge < -0.3 is 10.6 Å². The minimum absolute atomic E-state index is 0.0924. The molecule has 19 heavy (non-hydrogen) atoms. The van der Waals surface area contributed by atoms with E-state index in [9.17, 15) is 4.79 Å². The molecule has 1 saturated carbocycles. The van der Waals surface area contributed by atoms with Crippen molar-refractivity contribution >= 4 is 23.4 Å². The fraction of sp³-hybridized carbons (Fsp3) is 0.533. The molecule has 0 aromatic heterocycles. The Morgan fingerprint density at radius 3 is 2.74 bits per heavy atom. The zero-order valence-electron chi connectivity index (χ0n) is 11.4. The molecule has 104 valence electrons. The second kappa shape index (κ2) is 7.43. The van der Waals surface area contributed by atoms with Gasteiger partial charge in [0.25, 0.3) is 0 Å². The molecule has 1 aliphatic carbocycles. The van der Waals surface area contributed by atoms with E-state index in [2.05, 4.69) is 16.9 Å². The lowest BCUT2D eigenvalue weighted by Crippen LogP contribution is -2.45. The van der Waals surface area contributed by atoms with E-state index in [0.717, 1.165) is 12.1 Å². The predicted octanol–water partition coefficient (Wildman–Crippen LogP) is 2.89. The molecule has 1 fully saturated rings. The number of para-hydroxylation sites is 1. The van der Waals surface area contributed by atoms with Crippen LogP contribution in [0.3, 0.4) is 0 Å². The molecule has 2 rings (SSSR count). The van der Waals surface area contributed by atoms with Gasteiger partial charge in [0, 0.05) is 17.0 Å². The maximum atomic E-state index is 12.0. The smallest absolute Gasteiger partial charge is 0.239 e. The third-order valence-electron chi connectivity index (χ3n) is 3.58. The zero-order valence-corrected chi connectivity index (χ0v) is 12.2. The summed E-state index contributed by atoms with van der Waals surface area (Å²) in [5, 5.41) is 6.89. The van der Waals surface area contributed by atoms with Crippen molar-refractivity contribution < 1.29 is 4.79 Å². The van der Waals surface area contributed by atoms with E-state index >= 15 is 0 Å². The van der Waals surface area contributed by atoms with Crippen molar-refractivity contribution in [2.45, 2.75) is 37.0 Å². The number of carbonyl (C=O) groups is 1. The van der Waals surface area contributed by atoms with Gasteiger partial charge in [-0.25, -0.2) is 0 Å². The Kier molecular flexibility index (Phi) is 5.58.